The van der Waals surface area contributed by atoms with Crippen LogP contribution in [0.1, 0.15) is 28.4 Å². The van der Waals surface area contributed by atoms with Crippen LogP contribution in [-0.4, -0.2) is 26.4 Å². The molecule has 2 aromatic rings. The van der Waals surface area contributed by atoms with Crippen molar-refractivity contribution in [2.45, 2.75) is 17.7 Å². The molecule has 1 heterocycles. The van der Waals surface area contributed by atoms with E-state index < -0.39 is 5.97 Å². The number of benzene rings is 1. The van der Waals surface area contributed by atoms with Gasteiger partial charge in [-0.2, -0.15) is 0 Å². The van der Waals surface area contributed by atoms with Gasteiger partial charge in [-0.05, 0) is 18.1 Å². The lowest BCUT2D eigenvalue weighted by Gasteiger charge is -2.03. The molecule has 0 amide bonds. The Labute approximate surface area is 115 Å². The highest BCUT2D eigenvalue weighted by molar-refractivity contribution is 6.23. The van der Waals surface area contributed by atoms with E-state index in [4.69, 9.17) is 16.7 Å². The molecule has 5 heteroatoms. The zero-order valence-corrected chi connectivity index (χ0v) is 10.7. The Bertz CT molecular complexity index is 628. The van der Waals surface area contributed by atoms with E-state index in [0.717, 1.165) is 12.0 Å². The van der Waals surface area contributed by atoms with Crippen molar-refractivity contribution in [3.63, 3.8) is 0 Å². The van der Waals surface area contributed by atoms with E-state index in [0.29, 0.717) is 11.6 Å². The second kappa shape index (κ2) is 4.63. The minimum absolute atomic E-state index is 0.00269. The molecule has 2 unspecified atom stereocenters. The first-order chi connectivity index (χ1) is 9.15. The maximum atomic E-state index is 10.9. The van der Waals surface area contributed by atoms with Crippen molar-refractivity contribution < 1.29 is 9.90 Å². The van der Waals surface area contributed by atoms with Gasteiger partial charge < -0.3 is 5.11 Å². The number of hydrogen-bond acceptors (Lipinski definition) is 3. The molecule has 1 aromatic carbocycles. The van der Waals surface area contributed by atoms with Gasteiger partial charge in [-0.3, -0.25) is 0 Å². The fourth-order valence-electron chi connectivity index (χ4n) is 2.04. The van der Waals surface area contributed by atoms with Crippen molar-refractivity contribution in [2.75, 3.05) is 0 Å². The molecule has 0 saturated heterocycles. The van der Waals surface area contributed by atoms with E-state index in [1.165, 1.54) is 18.0 Å². The van der Waals surface area contributed by atoms with Gasteiger partial charge in [-0.1, -0.05) is 24.3 Å². The topological polar surface area (TPSA) is 63.1 Å². The number of aromatic nitrogens is 2. The summed E-state index contributed by atoms with van der Waals surface area (Å²) >= 11 is 6.01. The van der Waals surface area contributed by atoms with E-state index in [9.17, 15) is 4.79 Å². The molecule has 0 bridgehead atoms. The molecule has 4 nitrogen and oxygen atoms in total. The number of rotatable bonds is 3. The highest BCUT2D eigenvalue weighted by Gasteiger charge is 2.36. The summed E-state index contributed by atoms with van der Waals surface area (Å²) in [5.41, 5.74) is 2.70. The molecule has 1 aliphatic rings. The Morgan fingerprint density at radius 1 is 1.26 bits per heavy atom. The third-order valence-electron chi connectivity index (χ3n) is 3.23. The molecule has 1 aromatic heterocycles. The molecule has 1 fully saturated rings. The molecule has 2 atom stereocenters. The molecule has 96 valence electrons. The van der Waals surface area contributed by atoms with Gasteiger partial charge in [0.1, 0.15) is 6.33 Å². The van der Waals surface area contributed by atoms with Gasteiger partial charge in [0.15, 0.2) is 5.69 Å². The standard InChI is InChI=1S/C14H11ClN2O2/c15-11-5-10(11)8-1-3-9(4-2-8)12-6-13(14(18)19)17-7-16-12/h1-4,6-7,10-11H,5H2,(H,18,19). The van der Waals surface area contributed by atoms with Crippen molar-refractivity contribution in [1.29, 1.82) is 0 Å². The first-order valence-electron chi connectivity index (χ1n) is 5.95. The van der Waals surface area contributed by atoms with Gasteiger partial charge in [0, 0.05) is 16.9 Å². The molecule has 0 spiro atoms. The van der Waals surface area contributed by atoms with Crippen molar-refractivity contribution in [3.05, 3.63) is 47.9 Å². The summed E-state index contributed by atoms with van der Waals surface area (Å²) in [6.07, 6.45) is 2.29. The minimum Gasteiger partial charge on any atom is -0.477 e. The van der Waals surface area contributed by atoms with Gasteiger partial charge in [-0.15, -0.1) is 11.6 Å². The lowest BCUT2D eigenvalue weighted by atomic mass is 10.1. The predicted octanol–water partition coefficient (Wildman–Crippen LogP) is 2.94. The van der Waals surface area contributed by atoms with Gasteiger partial charge in [0.2, 0.25) is 0 Å². The predicted molar refractivity (Wildman–Crippen MR) is 71.4 cm³/mol. The Kier molecular flexibility index (Phi) is 2.95. The molecule has 1 N–H and O–H groups in total. The first kappa shape index (κ1) is 12.1. The van der Waals surface area contributed by atoms with Crippen LogP contribution in [0.2, 0.25) is 0 Å². The number of nitrogens with zero attached hydrogens (tertiary/aromatic N) is 2. The lowest BCUT2D eigenvalue weighted by molar-refractivity contribution is 0.0690. The average Bonchev–Trinajstić information content (AvgIpc) is 3.16. The number of carboxylic acid groups (broad SMARTS) is 1. The summed E-state index contributed by atoms with van der Waals surface area (Å²) in [5.74, 6) is -0.598. The number of aromatic carboxylic acids is 1. The quantitative estimate of drug-likeness (QED) is 0.874. The van der Waals surface area contributed by atoms with Crippen LogP contribution in [0.15, 0.2) is 36.7 Å². The summed E-state index contributed by atoms with van der Waals surface area (Å²) < 4.78 is 0. The molecule has 3 rings (SSSR count). The second-order valence-corrected chi connectivity index (χ2v) is 5.13. The lowest BCUT2D eigenvalue weighted by Crippen LogP contribution is -2.01. The number of hydrogen-bond donors (Lipinski definition) is 1. The minimum atomic E-state index is -1.05. The van der Waals surface area contributed by atoms with Crippen LogP contribution in [0.5, 0.6) is 0 Å². The third-order valence-corrected chi connectivity index (χ3v) is 3.72. The molecule has 0 radical (unpaired) electrons. The van der Waals surface area contributed by atoms with Gasteiger partial charge in [0.05, 0.1) is 5.69 Å². The summed E-state index contributed by atoms with van der Waals surface area (Å²) in [4.78, 5) is 18.7. The highest BCUT2D eigenvalue weighted by Crippen LogP contribution is 2.45. The second-order valence-electron chi connectivity index (χ2n) is 4.57. The fourth-order valence-corrected chi connectivity index (χ4v) is 2.38. The van der Waals surface area contributed by atoms with Crippen LogP contribution in [0, 0.1) is 0 Å². The van der Waals surface area contributed by atoms with Crippen LogP contribution in [0.25, 0.3) is 11.3 Å². The van der Waals surface area contributed by atoms with Crippen molar-refractivity contribution in [2.24, 2.45) is 0 Å². The fraction of sp³-hybridized carbons (Fsp3) is 0.214. The first-order valence-corrected chi connectivity index (χ1v) is 6.38. The maximum absolute atomic E-state index is 10.9. The maximum Gasteiger partial charge on any atom is 0.354 e. The third kappa shape index (κ3) is 2.44. The largest absolute Gasteiger partial charge is 0.477 e. The number of halogens is 1. The zero-order valence-electron chi connectivity index (χ0n) is 9.95. The van der Waals surface area contributed by atoms with E-state index in [1.54, 1.807) is 0 Å². The number of carboxylic acids is 1. The Morgan fingerprint density at radius 3 is 2.53 bits per heavy atom. The van der Waals surface area contributed by atoms with E-state index in [1.807, 2.05) is 24.3 Å². The van der Waals surface area contributed by atoms with E-state index in [-0.39, 0.29) is 11.1 Å². The molecular formula is C14H11ClN2O2. The van der Waals surface area contributed by atoms with Crippen LogP contribution in [0.4, 0.5) is 0 Å². The summed E-state index contributed by atoms with van der Waals surface area (Å²) in [6.45, 7) is 0. The Balaban J connectivity index is 1.89. The SMILES string of the molecule is O=C(O)c1cc(-c2ccc(C3CC3Cl)cc2)ncn1. The smallest absolute Gasteiger partial charge is 0.354 e. The molecule has 0 aliphatic heterocycles. The van der Waals surface area contributed by atoms with E-state index in [2.05, 4.69) is 9.97 Å². The van der Waals surface area contributed by atoms with E-state index >= 15 is 0 Å². The zero-order chi connectivity index (χ0) is 13.4. The van der Waals surface area contributed by atoms with Crippen molar-refractivity contribution in [3.8, 4) is 11.3 Å². The number of alkyl halides is 1. The number of carbonyl (C=O) groups is 1. The average molecular weight is 275 g/mol. The van der Waals surface area contributed by atoms with Crippen LogP contribution in [0.3, 0.4) is 0 Å². The summed E-state index contributed by atoms with van der Waals surface area (Å²) in [7, 11) is 0. The Hall–Kier alpha value is -1.94. The monoisotopic (exact) mass is 274 g/mol. The van der Waals surface area contributed by atoms with Gasteiger partial charge in [-0.25, -0.2) is 14.8 Å². The molecular weight excluding hydrogens is 264 g/mol. The van der Waals surface area contributed by atoms with Crippen LogP contribution >= 0.6 is 11.6 Å². The van der Waals surface area contributed by atoms with Crippen molar-refractivity contribution in [1.82, 2.24) is 9.97 Å². The Morgan fingerprint density at radius 2 is 1.95 bits per heavy atom. The molecule has 19 heavy (non-hydrogen) atoms. The van der Waals surface area contributed by atoms with Gasteiger partial charge >= 0.3 is 5.97 Å². The molecule has 1 aliphatic carbocycles. The van der Waals surface area contributed by atoms with Crippen LogP contribution in [-0.2, 0) is 0 Å². The summed E-state index contributed by atoms with van der Waals surface area (Å²) in [6, 6.07) is 9.38. The van der Waals surface area contributed by atoms with Gasteiger partial charge in [0.25, 0.3) is 0 Å². The highest BCUT2D eigenvalue weighted by atomic mass is 35.5. The normalized spacial score (nSPS) is 21.1. The summed E-state index contributed by atoms with van der Waals surface area (Å²) in [5, 5.41) is 9.16. The molecule has 1 saturated carbocycles. The van der Waals surface area contributed by atoms with Crippen LogP contribution < -0.4 is 0 Å². The van der Waals surface area contributed by atoms with Crippen molar-refractivity contribution >= 4 is 17.6 Å².